The van der Waals surface area contributed by atoms with Crippen LogP contribution < -0.4 is 10.1 Å². The van der Waals surface area contributed by atoms with Crippen LogP contribution in [0.1, 0.15) is 24.3 Å². The third-order valence-corrected chi connectivity index (χ3v) is 4.62. The van der Waals surface area contributed by atoms with E-state index in [9.17, 15) is 4.39 Å². The lowest BCUT2D eigenvalue weighted by Crippen LogP contribution is -2.33. The Bertz CT molecular complexity index is 623. The van der Waals surface area contributed by atoms with Crippen molar-refractivity contribution in [1.82, 2.24) is 0 Å². The Balaban J connectivity index is 1.56. The first-order chi connectivity index (χ1) is 10.2. The summed E-state index contributed by atoms with van der Waals surface area (Å²) in [5.41, 5.74) is 2.32. The molecule has 3 rings (SSSR count). The van der Waals surface area contributed by atoms with E-state index in [1.165, 1.54) is 11.6 Å². The minimum atomic E-state index is -0.231. The quantitative estimate of drug-likeness (QED) is 0.842. The van der Waals surface area contributed by atoms with Gasteiger partial charge in [-0.05, 0) is 70.6 Å². The van der Waals surface area contributed by atoms with Crippen LogP contribution in [-0.4, -0.2) is 13.2 Å². The van der Waals surface area contributed by atoms with Gasteiger partial charge in [-0.1, -0.05) is 12.1 Å². The lowest BCUT2D eigenvalue weighted by Gasteiger charge is -2.37. The fourth-order valence-corrected chi connectivity index (χ4v) is 3.08. The van der Waals surface area contributed by atoms with Gasteiger partial charge in [0.1, 0.15) is 11.6 Å². The van der Waals surface area contributed by atoms with Gasteiger partial charge in [-0.15, -0.1) is 0 Å². The zero-order valence-electron chi connectivity index (χ0n) is 11.8. The lowest BCUT2D eigenvalue weighted by atomic mass is 9.76. The summed E-state index contributed by atoms with van der Waals surface area (Å²) in [6.45, 7) is 0. The minimum Gasteiger partial charge on any atom is -0.497 e. The van der Waals surface area contributed by atoms with E-state index in [2.05, 4.69) is 33.4 Å². The highest BCUT2D eigenvalue weighted by atomic mass is 79.9. The number of hydrogen-bond acceptors (Lipinski definition) is 2. The molecule has 0 atom stereocenters. The summed E-state index contributed by atoms with van der Waals surface area (Å²) in [5, 5.41) is 3.45. The van der Waals surface area contributed by atoms with E-state index in [4.69, 9.17) is 4.74 Å². The Morgan fingerprint density at radius 1 is 1.14 bits per heavy atom. The van der Waals surface area contributed by atoms with Gasteiger partial charge >= 0.3 is 0 Å². The Hall–Kier alpha value is -1.55. The van der Waals surface area contributed by atoms with Crippen LogP contribution in [0.2, 0.25) is 0 Å². The maximum absolute atomic E-state index is 13.2. The number of anilines is 1. The highest BCUT2D eigenvalue weighted by Gasteiger charge is 2.30. The summed E-state index contributed by atoms with van der Waals surface area (Å²) >= 11 is 3.21. The molecule has 0 spiro atoms. The fraction of sp³-hybridized carbons (Fsp3) is 0.294. The Morgan fingerprint density at radius 2 is 1.86 bits per heavy atom. The Morgan fingerprint density at radius 3 is 2.48 bits per heavy atom. The molecule has 0 bridgehead atoms. The standard InChI is InChI=1S/C17H17BrFNO/c1-21-15-5-2-11(3-6-15)12-8-14(9-12)20-13-4-7-17(19)16(18)10-13/h2-7,10,12,14,20H,8-9H2,1H3. The number of rotatable bonds is 4. The van der Waals surface area contributed by atoms with Crippen LogP contribution in [0.4, 0.5) is 10.1 Å². The summed E-state index contributed by atoms with van der Waals surface area (Å²) in [6, 6.07) is 13.8. The minimum absolute atomic E-state index is 0.231. The van der Waals surface area contributed by atoms with Gasteiger partial charge in [0.05, 0.1) is 11.6 Å². The summed E-state index contributed by atoms with van der Waals surface area (Å²) < 4.78 is 18.9. The molecule has 1 aliphatic carbocycles. The molecule has 1 saturated carbocycles. The van der Waals surface area contributed by atoms with Gasteiger partial charge < -0.3 is 10.1 Å². The number of hydrogen-bond donors (Lipinski definition) is 1. The zero-order valence-corrected chi connectivity index (χ0v) is 13.4. The van der Waals surface area contributed by atoms with Crippen LogP contribution in [-0.2, 0) is 0 Å². The molecule has 1 aliphatic rings. The highest BCUT2D eigenvalue weighted by molar-refractivity contribution is 9.10. The molecular weight excluding hydrogens is 333 g/mol. The van der Waals surface area contributed by atoms with Crippen molar-refractivity contribution in [2.75, 3.05) is 12.4 Å². The van der Waals surface area contributed by atoms with E-state index >= 15 is 0 Å². The van der Waals surface area contributed by atoms with Crippen molar-refractivity contribution in [2.45, 2.75) is 24.8 Å². The van der Waals surface area contributed by atoms with Crippen LogP contribution in [0.25, 0.3) is 0 Å². The molecule has 2 aromatic carbocycles. The topological polar surface area (TPSA) is 21.3 Å². The highest BCUT2D eigenvalue weighted by Crippen LogP contribution is 2.39. The normalized spacial score (nSPS) is 20.7. The third-order valence-electron chi connectivity index (χ3n) is 4.02. The van der Waals surface area contributed by atoms with E-state index in [0.717, 1.165) is 24.3 Å². The second-order valence-corrected chi connectivity index (χ2v) is 6.27. The number of methoxy groups -OCH3 is 1. The molecule has 0 unspecified atom stereocenters. The van der Waals surface area contributed by atoms with Gasteiger partial charge in [0.25, 0.3) is 0 Å². The monoisotopic (exact) mass is 349 g/mol. The predicted molar refractivity (Wildman–Crippen MR) is 86.5 cm³/mol. The first-order valence-electron chi connectivity index (χ1n) is 7.01. The second kappa shape index (κ2) is 6.06. The van der Waals surface area contributed by atoms with Gasteiger partial charge in [0.2, 0.25) is 0 Å². The molecule has 1 fully saturated rings. The van der Waals surface area contributed by atoms with Crippen molar-refractivity contribution < 1.29 is 9.13 Å². The Kier molecular flexibility index (Phi) is 4.15. The summed E-state index contributed by atoms with van der Waals surface area (Å²) in [4.78, 5) is 0. The van der Waals surface area contributed by atoms with Gasteiger partial charge in [0.15, 0.2) is 0 Å². The third kappa shape index (κ3) is 3.21. The number of halogens is 2. The first-order valence-corrected chi connectivity index (χ1v) is 7.80. The molecule has 0 radical (unpaired) electrons. The van der Waals surface area contributed by atoms with Gasteiger partial charge in [-0.25, -0.2) is 4.39 Å². The van der Waals surface area contributed by atoms with E-state index < -0.39 is 0 Å². The van der Waals surface area contributed by atoms with Crippen molar-refractivity contribution >= 4 is 21.6 Å². The largest absolute Gasteiger partial charge is 0.497 e. The molecule has 2 nitrogen and oxygen atoms in total. The van der Waals surface area contributed by atoms with Gasteiger partial charge in [0, 0.05) is 11.7 Å². The molecule has 0 heterocycles. The van der Waals surface area contributed by atoms with Crippen LogP contribution in [0.5, 0.6) is 5.75 Å². The Labute approximate surface area is 132 Å². The van der Waals surface area contributed by atoms with Crippen LogP contribution in [0, 0.1) is 5.82 Å². The molecule has 4 heteroatoms. The smallest absolute Gasteiger partial charge is 0.137 e. The number of ether oxygens (including phenoxy) is 1. The van der Waals surface area contributed by atoms with Crippen molar-refractivity contribution in [3.8, 4) is 5.75 Å². The van der Waals surface area contributed by atoms with E-state index in [-0.39, 0.29) is 5.82 Å². The van der Waals surface area contributed by atoms with Crippen molar-refractivity contribution in [2.24, 2.45) is 0 Å². The zero-order chi connectivity index (χ0) is 14.8. The average molecular weight is 350 g/mol. The second-order valence-electron chi connectivity index (χ2n) is 5.41. The molecule has 0 aromatic heterocycles. The van der Waals surface area contributed by atoms with Crippen molar-refractivity contribution in [1.29, 1.82) is 0 Å². The molecule has 21 heavy (non-hydrogen) atoms. The SMILES string of the molecule is COc1ccc(C2CC(Nc3ccc(F)c(Br)c3)C2)cc1. The lowest BCUT2D eigenvalue weighted by molar-refractivity contribution is 0.373. The van der Waals surface area contributed by atoms with Gasteiger partial charge in [-0.3, -0.25) is 0 Å². The van der Waals surface area contributed by atoms with Crippen LogP contribution in [0.3, 0.4) is 0 Å². The maximum Gasteiger partial charge on any atom is 0.137 e. The number of nitrogens with one attached hydrogen (secondary N) is 1. The van der Waals surface area contributed by atoms with Crippen molar-refractivity contribution in [3.63, 3.8) is 0 Å². The van der Waals surface area contributed by atoms with Gasteiger partial charge in [-0.2, -0.15) is 0 Å². The predicted octanol–water partition coefficient (Wildman–Crippen LogP) is 4.95. The van der Waals surface area contributed by atoms with E-state index in [0.29, 0.717) is 16.4 Å². The molecule has 0 amide bonds. The van der Waals surface area contributed by atoms with Crippen molar-refractivity contribution in [3.05, 3.63) is 58.3 Å². The molecule has 110 valence electrons. The molecular formula is C17H17BrFNO. The maximum atomic E-state index is 13.2. The first kappa shape index (κ1) is 14.4. The average Bonchev–Trinajstić information content (AvgIpc) is 2.46. The summed E-state index contributed by atoms with van der Waals surface area (Å²) in [5.74, 6) is 1.26. The van der Waals surface area contributed by atoms with Crippen LogP contribution in [0.15, 0.2) is 46.9 Å². The summed E-state index contributed by atoms with van der Waals surface area (Å²) in [6.07, 6.45) is 2.20. The molecule has 0 aliphatic heterocycles. The number of benzene rings is 2. The molecule has 0 saturated heterocycles. The molecule has 2 aromatic rings. The summed E-state index contributed by atoms with van der Waals surface area (Å²) in [7, 11) is 1.68. The van der Waals surface area contributed by atoms with Crippen LogP contribution >= 0.6 is 15.9 Å². The van der Waals surface area contributed by atoms with E-state index in [1.54, 1.807) is 19.2 Å². The fourth-order valence-electron chi connectivity index (χ4n) is 2.71. The van der Waals surface area contributed by atoms with E-state index in [1.807, 2.05) is 12.1 Å². The molecule has 1 N–H and O–H groups in total.